The number of aromatic nitrogens is 2. The highest BCUT2D eigenvalue weighted by molar-refractivity contribution is 9.10. The first kappa shape index (κ1) is 14.1. The maximum atomic E-state index is 12.3. The van der Waals surface area contributed by atoms with Gasteiger partial charge in [-0.2, -0.15) is 0 Å². The van der Waals surface area contributed by atoms with Crippen LogP contribution in [-0.4, -0.2) is 16.7 Å². The Hall–Kier alpha value is -1.33. The smallest absolute Gasteiger partial charge is 0.277 e. The first-order valence-electron chi connectivity index (χ1n) is 5.54. The second kappa shape index (κ2) is 5.35. The Kier molecular flexibility index (Phi) is 3.96. The van der Waals surface area contributed by atoms with Crippen LogP contribution >= 0.6 is 27.5 Å². The first-order chi connectivity index (χ1) is 8.95. The molecular weight excluding hydrogens is 332 g/mol. The van der Waals surface area contributed by atoms with Crippen molar-refractivity contribution < 1.29 is 4.74 Å². The molecule has 2 aromatic heterocycles. The summed E-state index contributed by atoms with van der Waals surface area (Å²) < 4.78 is 7.29. The second-order valence-electron chi connectivity index (χ2n) is 4.10. The van der Waals surface area contributed by atoms with E-state index in [4.69, 9.17) is 16.3 Å². The third kappa shape index (κ3) is 2.53. The van der Waals surface area contributed by atoms with E-state index in [0.717, 1.165) is 16.9 Å². The van der Waals surface area contributed by atoms with Gasteiger partial charge >= 0.3 is 0 Å². The molecular formula is C13H12BrClN2O2. The molecule has 0 aromatic carbocycles. The van der Waals surface area contributed by atoms with Gasteiger partial charge in [0.15, 0.2) is 0 Å². The third-order valence-electron chi connectivity index (χ3n) is 2.80. The van der Waals surface area contributed by atoms with E-state index in [1.807, 2.05) is 13.8 Å². The summed E-state index contributed by atoms with van der Waals surface area (Å²) in [4.78, 5) is 16.5. The van der Waals surface area contributed by atoms with Crippen molar-refractivity contribution in [2.75, 3.05) is 7.11 Å². The topological polar surface area (TPSA) is 44.1 Å². The molecule has 0 aliphatic rings. The number of hydrogen-bond donors (Lipinski definition) is 0. The summed E-state index contributed by atoms with van der Waals surface area (Å²) in [5, 5.41) is 0.0698. The van der Waals surface area contributed by atoms with Gasteiger partial charge in [-0.1, -0.05) is 11.6 Å². The summed E-state index contributed by atoms with van der Waals surface area (Å²) in [6.07, 6.45) is 1.70. The van der Waals surface area contributed by atoms with Crippen LogP contribution in [0.15, 0.2) is 27.7 Å². The first-order valence-corrected chi connectivity index (χ1v) is 6.71. The summed E-state index contributed by atoms with van der Waals surface area (Å²) in [6.45, 7) is 3.72. The van der Waals surface area contributed by atoms with Crippen LogP contribution in [0.25, 0.3) is 5.69 Å². The summed E-state index contributed by atoms with van der Waals surface area (Å²) in [5.41, 5.74) is 2.07. The number of hydrogen-bond acceptors (Lipinski definition) is 3. The van der Waals surface area contributed by atoms with Gasteiger partial charge in [-0.15, -0.1) is 0 Å². The van der Waals surface area contributed by atoms with Gasteiger partial charge in [0.25, 0.3) is 5.56 Å². The molecule has 2 rings (SSSR count). The van der Waals surface area contributed by atoms with E-state index in [1.165, 1.54) is 7.11 Å². The van der Waals surface area contributed by atoms with Gasteiger partial charge in [-0.25, -0.2) is 4.98 Å². The molecule has 0 fully saturated rings. The van der Waals surface area contributed by atoms with Crippen molar-refractivity contribution in [3.63, 3.8) is 0 Å². The minimum atomic E-state index is -0.306. The number of pyridine rings is 2. The van der Waals surface area contributed by atoms with Crippen molar-refractivity contribution in [3.05, 3.63) is 49.6 Å². The zero-order valence-electron chi connectivity index (χ0n) is 10.7. The van der Waals surface area contributed by atoms with E-state index >= 15 is 0 Å². The molecule has 0 radical (unpaired) electrons. The van der Waals surface area contributed by atoms with Crippen molar-refractivity contribution in [2.45, 2.75) is 13.8 Å². The minimum absolute atomic E-state index is 0.0698. The van der Waals surface area contributed by atoms with E-state index in [2.05, 4.69) is 20.9 Å². The van der Waals surface area contributed by atoms with Crippen molar-refractivity contribution in [1.29, 1.82) is 0 Å². The molecule has 100 valence electrons. The molecule has 0 N–H and O–H groups in total. The fraction of sp³-hybridized carbons (Fsp3) is 0.231. The normalized spacial score (nSPS) is 10.6. The lowest BCUT2D eigenvalue weighted by Crippen LogP contribution is -2.22. The van der Waals surface area contributed by atoms with Crippen LogP contribution in [0.1, 0.15) is 11.3 Å². The highest BCUT2D eigenvalue weighted by atomic mass is 79.9. The highest BCUT2D eigenvalue weighted by Gasteiger charge is 2.14. The predicted octanol–water partition coefficient (Wildman–Crippen LogP) is 3.27. The van der Waals surface area contributed by atoms with Crippen LogP contribution in [0.3, 0.4) is 0 Å². The fourth-order valence-electron chi connectivity index (χ4n) is 1.86. The molecule has 0 unspecified atom stereocenters. The molecule has 0 saturated carbocycles. The van der Waals surface area contributed by atoms with E-state index in [-0.39, 0.29) is 10.6 Å². The molecule has 2 heterocycles. The van der Waals surface area contributed by atoms with Crippen LogP contribution in [0, 0.1) is 13.8 Å². The summed E-state index contributed by atoms with van der Waals surface area (Å²) in [5.74, 6) is 0.381. The molecule has 0 aliphatic heterocycles. The Balaban J connectivity index is 2.80. The van der Waals surface area contributed by atoms with Gasteiger partial charge in [0.05, 0.1) is 12.8 Å². The molecule has 2 aromatic rings. The van der Waals surface area contributed by atoms with Crippen LogP contribution < -0.4 is 10.3 Å². The van der Waals surface area contributed by atoms with Gasteiger partial charge in [0.2, 0.25) is 0 Å². The number of rotatable bonds is 2. The number of halogens is 2. The number of methoxy groups -OCH3 is 1. The van der Waals surface area contributed by atoms with Gasteiger partial charge < -0.3 is 4.74 Å². The monoisotopic (exact) mass is 342 g/mol. The second-order valence-corrected chi connectivity index (χ2v) is 5.29. The van der Waals surface area contributed by atoms with Crippen LogP contribution in [-0.2, 0) is 0 Å². The lowest BCUT2D eigenvalue weighted by Gasteiger charge is -2.14. The minimum Gasteiger partial charge on any atom is -0.495 e. The number of ether oxygens (including phenoxy) is 1. The van der Waals surface area contributed by atoms with Gasteiger partial charge in [0.1, 0.15) is 15.4 Å². The highest BCUT2D eigenvalue weighted by Crippen LogP contribution is 2.24. The Labute approximate surface area is 124 Å². The quantitative estimate of drug-likeness (QED) is 0.786. The zero-order valence-corrected chi connectivity index (χ0v) is 13.0. The number of nitrogens with zero attached hydrogens (tertiary/aromatic N) is 2. The summed E-state index contributed by atoms with van der Waals surface area (Å²) in [6, 6.07) is 3.52. The molecule has 0 aliphatic carbocycles. The van der Waals surface area contributed by atoms with E-state index in [1.54, 1.807) is 22.9 Å². The lowest BCUT2D eigenvalue weighted by molar-refractivity contribution is 0.413. The number of aryl methyl sites for hydroxylation is 2. The standard InChI is InChI=1S/C13H12BrClN2O2/c1-7-6-16-11(14)5-9(7)17-8(2)4-10(19-3)12(15)13(17)18/h4-6H,1-3H3. The fourth-order valence-corrected chi connectivity index (χ4v) is 2.39. The molecule has 19 heavy (non-hydrogen) atoms. The maximum absolute atomic E-state index is 12.3. The van der Waals surface area contributed by atoms with Gasteiger partial charge in [-0.05, 0) is 41.4 Å². The van der Waals surface area contributed by atoms with Gasteiger partial charge in [0, 0.05) is 18.0 Å². The van der Waals surface area contributed by atoms with Crippen LogP contribution in [0.5, 0.6) is 5.75 Å². The summed E-state index contributed by atoms with van der Waals surface area (Å²) >= 11 is 9.33. The molecule has 4 nitrogen and oxygen atoms in total. The molecule has 0 bridgehead atoms. The molecule has 0 saturated heterocycles. The SMILES string of the molecule is COc1cc(C)n(-c2cc(Br)ncc2C)c(=O)c1Cl. The van der Waals surface area contributed by atoms with Gasteiger partial charge in [-0.3, -0.25) is 9.36 Å². The van der Waals surface area contributed by atoms with Crippen molar-refractivity contribution in [3.8, 4) is 11.4 Å². The van der Waals surface area contributed by atoms with Crippen LogP contribution in [0.2, 0.25) is 5.02 Å². The van der Waals surface area contributed by atoms with Crippen molar-refractivity contribution in [1.82, 2.24) is 9.55 Å². The Morgan fingerprint density at radius 3 is 2.68 bits per heavy atom. The lowest BCUT2D eigenvalue weighted by atomic mass is 10.2. The van der Waals surface area contributed by atoms with Crippen molar-refractivity contribution in [2.24, 2.45) is 0 Å². The average molecular weight is 344 g/mol. The van der Waals surface area contributed by atoms with E-state index in [0.29, 0.717) is 10.4 Å². The zero-order chi connectivity index (χ0) is 14.2. The van der Waals surface area contributed by atoms with Crippen molar-refractivity contribution >= 4 is 27.5 Å². The average Bonchev–Trinajstić information content (AvgIpc) is 2.38. The predicted molar refractivity (Wildman–Crippen MR) is 78.6 cm³/mol. The van der Waals surface area contributed by atoms with Crippen LogP contribution in [0.4, 0.5) is 0 Å². The maximum Gasteiger partial charge on any atom is 0.277 e. The third-order valence-corrected chi connectivity index (χ3v) is 3.58. The molecule has 0 atom stereocenters. The summed E-state index contributed by atoms with van der Waals surface area (Å²) in [7, 11) is 1.48. The molecule has 0 amide bonds. The Morgan fingerprint density at radius 2 is 2.05 bits per heavy atom. The molecule has 6 heteroatoms. The van der Waals surface area contributed by atoms with E-state index < -0.39 is 0 Å². The molecule has 0 spiro atoms. The Bertz CT molecular complexity index is 698. The van der Waals surface area contributed by atoms with E-state index in [9.17, 15) is 4.79 Å². The Morgan fingerprint density at radius 1 is 1.37 bits per heavy atom. The largest absolute Gasteiger partial charge is 0.495 e.